The minimum atomic E-state index is 0.108. The number of nitrogens with zero attached hydrogens (tertiary/aromatic N) is 1. The zero-order valence-electron chi connectivity index (χ0n) is 8.62. The molecule has 0 aliphatic rings. The molecule has 0 saturated heterocycles. The molecule has 0 amide bonds. The van der Waals surface area contributed by atoms with E-state index in [1.807, 2.05) is 19.2 Å². The number of hydrogen-bond donors (Lipinski definition) is 1. The summed E-state index contributed by atoms with van der Waals surface area (Å²) >= 11 is 1.55. The van der Waals surface area contributed by atoms with E-state index >= 15 is 0 Å². The number of carbonyl (C=O) groups is 1. The lowest BCUT2D eigenvalue weighted by Gasteiger charge is -2.02. The Morgan fingerprint density at radius 2 is 2.43 bits per heavy atom. The summed E-state index contributed by atoms with van der Waals surface area (Å²) in [6.45, 7) is 3.85. The summed E-state index contributed by atoms with van der Waals surface area (Å²) in [5.74, 6) is 0.233. The number of carbonyl (C=O) groups excluding carboxylic acids is 1. The first-order valence-electron chi connectivity index (χ1n) is 4.76. The maximum Gasteiger partial charge on any atom is 0.139 e. The Balaban J connectivity index is 2.34. The summed E-state index contributed by atoms with van der Waals surface area (Å²) in [7, 11) is 0. The Hall–Kier alpha value is -0.740. The van der Waals surface area contributed by atoms with Crippen LogP contribution in [0.2, 0.25) is 0 Å². The number of nitrogens with two attached hydrogens (primary N) is 1. The Kier molecular flexibility index (Phi) is 4.22. The highest BCUT2D eigenvalue weighted by Gasteiger charge is 2.07. The van der Waals surface area contributed by atoms with Gasteiger partial charge >= 0.3 is 0 Å². The van der Waals surface area contributed by atoms with Crippen LogP contribution in [0.1, 0.15) is 30.5 Å². The van der Waals surface area contributed by atoms with Crippen molar-refractivity contribution in [2.75, 3.05) is 0 Å². The molecule has 1 unspecified atom stereocenters. The molecule has 0 aromatic carbocycles. The van der Waals surface area contributed by atoms with Crippen LogP contribution in [0.3, 0.4) is 0 Å². The average molecular weight is 212 g/mol. The third-order valence-electron chi connectivity index (χ3n) is 1.89. The summed E-state index contributed by atoms with van der Waals surface area (Å²) < 4.78 is 0. The van der Waals surface area contributed by atoms with Crippen LogP contribution in [0.15, 0.2) is 5.38 Å². The van der Waals surface area contributed by atoms with Crippen LogP contribution in [0.5, 0.6) is 0 Å². The normalized spacial score (nSPS) is 12.8. The number of Topliss-reactive ketones (excluding diaryl/α,β-unsaturated/α-hetero) is 1. The molecule has 2 N–H and O–H groups in total. The smallest absolute Gasteiger partial charge is 0.139 e. The standard InChI is InChI=1S/C10H16N2OS/c1-7(11)3-4-9(13)5-10-12-8(2)6-14-10/h6-7H,3-5,11H2,1-2H3. The third kappa shape index (κ3) is 3.98. The minimum Gasteiger partial charge on any atom is -0.328 e. The van der Waals surface area contributed by atoms with Gasteiger partial charge in [-0.3, -0.25) is 4.79 Å². The van der Waals surface area contributed by atoms with Crippen molar-refractivity contribution < 1.29 is 4.79 Å². The fraction of sp³-hybridized carbons (Fsp3) is 0.600. The van der Waals surface area contributed by atoms with E-state index in [1.165, 1.54) is 0 Å². The van der Waals surface area contributed by atoms with Crippen molar-refractivity contribution in [2.24, 2.45) is 5.73 Å². The first-order valence-corrected chi connectivity index (χ1v) is 5.64. The Bertz CT molecular complexity index is 307. The van der Waals surface area contributed by atoms with Crippen molar-refractivity contribution in [3.8, 4) is 0 Å². The lowest BCUT2D eigenvalue weighted by atomic mass is 10.1. The van der Waals surface area contributed by atoms with Gasteiger partial charge in [0.25, 0.3) is 0 Å². The van der Waals surface area contributed by atoms with Gasteiger partial charge in [0, 0.05) is 23.5 Å². The predicted octanol–water partition coefficient (Wildman–Crippen LogP) is 1.69. The largest absolute Gasteiger partial charge is 0.328 e. The Morgan fingerprint density at radius 1 is 1.71 bits per heavy atom. The van der Waals surface area contributed by atoms with Crippen molar-refractivity contribution >= 4 is 17.1 Å². The highest BCUT2D eigenvalue weighted by molar-refractivity contribution is 7.09. The van der Waals surface area contributed by atoms with E-state index in [-0.39, 0.29) is 11.8 Å². The monoisotopic (exact) mass is 212 g/mol. The molecule has 78 valence electrons. The van der Waals surface area contributed by atoms with Crippen molar-refractivity contribution in [3.63, 3.8) is 0 Å². The molecular weight excluding hydrogens is 196 g/mol. The zero-order chi connectivity index (χ0) is 10.6. The van der Waals surface area contributed by atoms with Gasteiger partial charge in [0.15, 0.2) is 0 Å². The molecule has 1 aromatic heterocycles. The first-order chi connectivity index (χ1) is 6.58. The summed E-state index contributed by atoms with van der Waals surface area (Å²) in [5.41, 5.74) is 6.56. The topological polar surface area (TPSA) is 56.0 Å². The lowest BCUT2D eigenvalue weighted by Crippen LogP contribution is -2.16. The molecule has 1 rings (SSSR count). The van der Waals surface area contributed by atoms with E-state index in [2.05, 4.69) is 4.98 Å². The van der Waals surface area contributed by atoms with Crippen LogP contribution in [0, 0.1) is 6.92 Å². The van der Waals surface area contributed by atoms with Gasteiger partial charge in [0.05, 0.1) is 6.42 Å². The first kappa shape index (κ1) is 11.3. The SMILES string of the molecule is Cc1csc(CC(=O)CCC(C)N)n1. The molecule has 0 bridgehead atoms. The molecule has 1 atom stereocenters. The Labute approximate surface area is 88.3 Å². The molecule has 0 saturated carbocycles. The van der Waals surface area contributed by atoms with Crippen LogP contribution in [-0.2, 0) is 11.2 Å². The summed E-state index contributed by atoms with van der Waals surface area (Å²) in [4.78, 5) is 15.7. The molecule has 1 heterocycles. The van der Waals surface area contributed by atoms with E-state index in [1.54, 1.807) is 11.3 Å². The number of rotatable bonds is 5. The quantitative estimate of drug-likeness (QED) is 0.808. The van der Waals surface area contributed by atoms with E-state index in [0.29, 0.717) is 12.8 Å². The molecule has 0 radical (unpaired) electrons. The van der Waals surface area contributed by atoms with Crippen LogP contribution in [0.25, 0.3) is 0 Å². The molecule has 4 heteroatoms. The molecule has 0 aliphatic heterocycles. The fourth-order valence-corrected chi connectivity index (χ4v) is 1.93. The predicted molar refractivity (Wildman–Crippen MR) is 58.4 cm³/mol. The maximum absolute atomic E-state index is 11.4. The van der Waals surface area contributed by atoms with Gasteiger partial charge in [-0.05, 0) is 20.3 Å². The van der Waals surface area contributed by atoms with Gasteiger partial charge in [-0.2, -0.15) is 0 Å². The van der Waals surface area contributed by atoms with Crippen molar-refractivity contribution in [1.29, 1.82) is 0 Å². The van der Waals surface area contributed by atoms with E-state index in [0.717, 1.165) is 17.1 Å². The van der Waals surface area contributed by atoms with Crippen molar-refractivity contribution in [1.82, 2.24) is 4.98 Å². The second kappa shape index (κ2) is 5.22. The minimum absolute atomic E-state index is 0.108. The van der Waals surface area contributed by atoms with Gasteiger partial charge in [-0.25, -0.2) is 4.98 Å². The number of aromatic nitrogens is 1. The summed E-state index contributed by atoms with van der Waals surface area (Å²) in [6, 6.07) is 0.108. The van der Waals surface area contributed by atoms with Gasteiger partial charge < -0.3 is 5.73 Å². The highest BCUT2D eigenvalue weighted by atomic mass is 32.1. The molecule has 0 fully saturated rings. The van der Waals surface area contributed by atoms with Gasteiger partial charge in [-0.1, -0.05) is 0 Å². The summed E-state index contributed by atoms with van der Waals surface area (Å²) in [5, 5.41) is 2.88. The number of ketones is 1. The average Bonchev–Trinajstić information content (AvgIpc) is 2.48. The maximum atomic E-state index is 11.4. The second-order valence-electron chi connectivity index (χ2n) is 3.61. The van der Waals surface area contributed by atoms with E-state index in [4.69, 9.17) is 5.73 Å². The molecule has 0 spiro atoms. The third-order valence-corrected chi connectivity index (χ3v) is 2.86. The zero-order valence-corrected chi connectivity index (χ0v) is 9.43. The molecular formula is C10H16N2OS. The van der Waals surface area contributed by atoms with Crippen LogP contribution >= 0.6 is 11.3 Å². The highest BCUT2D eigenvalue weighted by Crippen LogP contribution is 2.10. The van der Waals surface area contributed by atoms with Gasteiger partial charge in [-0.15, -0.1) is 11.3 Å². The van der Waals surface area contributed by atoms with Gasteiger partial charge in [0.1, 0.15) is 10.8 Å². The lowest BCUT2D eigenvalue weighted by molar-refractivity contribution is -0.118. The molecule has 14 heavy (non-hydrogen) atoms. The van der Waals surface area contributed by atoms with Gasteiger partial charge in [0.2, 0.25) is 0 Å². The van der Waals surface area contributed by atoms with Crippen molar-refractivity contribution in [3.05, 3.63) is 16.1 Å². The number of aryl methyl sites for hydroxylation is 1. The van der Waals surface area contributed by atoms with Crippen LogP contribution in [-0.4, -0.2) is 16.8 Å². The number of thiazole rings is 1. The van der Waals surface area contributed by atoms with Crippen LogP contribution < -0.4 is 5.73 Å². The van der Waals surface area contributed by atoms with Crippen LogP contribution in [0.4, 0.5) is 0 Å². The Morgan fingerprint density at radius 3 is 2.93 bits per heavy atom. The van der Waals surface area contributed by atoms with Crippen molar-refractivity contribution in [2.45, 2.75) is 39.2 Å². The van der Waals surface area contributed by atoms with E-state index in [9.17, 15) is 4.79 Å². The second-order valence-corrected chi connectivity index (χ2v) is 4.56. The molecule has 3 nitrogen and oxygen atoms in total. The molecule has 1 aromatic rings. The van der Waals surface area contributed by atoms with E-state index < -0.39 is 0 Å². The summed E-state index contributed by atoms with van der Waals surface area (Å²) in [6.07, 6.45) is 1.80. The fourth-order valence-electron chi connectivity index (χ4n) is 1.13. The number of hydrogen-bond acceptors (Lipinski definition) is 4. The molecule has 0 aliphatic carbocycles.